The Morgan fingerprint density at radius 2 is 1.91 bits per heavy atom. The molecule has 2 aliphatic rings. The van der Waals surface area contributed by atoms with Crippen molar-refractivity contribution in [2.45, 2.75) is 44.4 Å². The Morgan fingerprint density at radius 3 is 2.58 bits per heavy atom. The second-order valence-electron chi connectivity index (χ2n) is 8.98. The molecule has 3 N–H and O–H groups in total. The fourth-order valence-electron chi connectivity index (χ4n) is 4.83. The van der Waals surface area contributed by atoms with E-state index in [-0.39, 0.29) is 0 Å². The SMILES string of the molecule is O=C(O)CC1CCC(c2ccc(C3=CC=C(c4n[nH]c(Cc5ccsc5)n4)CN3)cc2)CC1. The molecule has 3 aromatic rings. The van der Waals surface area contributed by atoms with Crippen LogP contribution in [0.4, 0.5) is 0 Å². The number of carboxylic acid groups (broad SMARTS) is 1. The van der Waals surface area contributed by atoms with Crippen molar-refractivity contribution in [3.8, 4) is 0 Å². The van der Waals surface area contributed by atoms with Gasteiger partial charge in [-0.1, -0.05) is 30.3 Å². The van der Waals surface area contributed by atoms with Gasteiger partial charge in [0.2, 0.25) is 0 Å². The number of nitrogens with one attached hydrogen (secondary N) is 2. The van der Waals surface area contributed by atoms with Crippen molar-refractivity contribution >= 4 is 28.6 Å². The zero-order valence-corrected chi connectivity index (χ0v) is 19.3. The predicted octanol–water partition coefficient (Wildman–Crippen LogP) is 5.23. The van der Waals surface area contributed by atoms with Gasteiger partial charge < -0.3 is 10.4 Å². The van der Waals surface area contributed by atoms with Crippen LogP contribution in [0.5, 0.6) is 0 Å². The van der Waals surface area contributed by atoms with Crippen molar-refractivity contribution in [1.82, 2.24) is 20.5 Å². The molecule has 0 saturated heterocycles. The molecule has 0 spiro atoms. The van der Waals surface area contributed by atoms with Crippen LogP contribution in [0.25, 0.3) is 11.3 Å². The average molecular weight is 461 g/mol. The molecule has 3 heterocycles. The smallest absolute Gasteiger partial charge is 0.303 e. The summed E-state index contributed by atoms with van der Waals surface area (Å²) in [6.07, 6.45) is 9.45. The zero-order chi connectivity index (χ0) is 22.6. The lowest BCUT2D eigenvalue weighted by molar-refractivity contribution is -0.138. The molecule has 0 radical (unpaired) electrons. The van der Waals surface area contributed by atoms with E-state index in [0.29, 0.717) is 24.8 Å². The lowest BCUT2D eigenvalue weighted by Crippen LogP contribution is -2.19. The molecule has 1 fully saturated rings. The van der Waals surface area contributed by atoms with Crippen molar-refractivity contribution in [2.75, 3.05) is 6.54 Å². The van der Waals surface area contributed by atoms with Gasteiger partial charge in [-0.3, -0.25) is 9.89 Å². The monoisotopic (exact) mass is 460 g/mol. The van der Waals surface area contributed by atoms with E-state index in [9.17, 15) is 4.79 Å². The minimum absolute atomic E-state index is 0.310. The number of rotatable bonds is 7. The second kappa shape index (κ2) is 9.75. The Kier molecular flexibility index (Phi) is 6.39. The molecule has 0 amide bonds. The zero-order valence-electron chi connectivity index (χ0n) is 18.5. The lowest BCUT2D eigenvalue weighted by atomic mass is 9.77. The maximum absolute atomic E-state index is 10.9. The highest BCUT2D eigenvalue weighted by molar-refractivity contribution is 7.07. The number of aliphatic carboxylic acids is 1. The third-order valence-corrected chi connectivity index (χ3v) is 7.43. The summed E-state index contributed by atoms with van der Waals surface area (Å²) in [6.45, 7) is 0.691. The Morgan fingerprint density at radius 1 is 1.09 bits per heavy atom. The molecular formula is C26H28N4O2S. The molecule has 7 heteroatoms. The first-order valence-corrected chi connectivity index (χ1v) is 12.5. The van der Waals surface area contributed by atoms with Crippen LogP contribution < -0.4 is 5.32 Å². The first-order chi connectivity index (χ1) is 16.1. The summed E-state index contributed by atoms with van der Waals surface area (Å²) in [6, 6.07) is 10.9. The van der Waals surface area contributed by atoms with Crippen LogP contribution in [0.2, 0.25) is 0 Å². The van der Waals surface area contributed by atoms with Crippen molar-refractivity contribution in [3.63, 3.8) is 0 Å². The van der Waals surface area contributed by atoms with Gasteiger partial charge in [0, 0.05) is 30.7 Å². The first kappa shape index (κ1) is 21.6. The van der Waals surface area contributed by atoms with Gasteiger partial charge in [0.1, 0.15) is 5.82 Å². The molecule has 1 aliphatic heterocycles. The van der Waals surface area contributed by atoms with E-state index in [2.05, 4.69) is 73.7 Å². The molecular weight excluding hydrogens is 432 g/mol. The van der Waals surface area contributed by atoms with Crippen LogP contribution >= 0.6 is 11.3 Å². The molecule has 1 aromatic carbocycles. The topological polar surface area (TPSA) is 90.9 Å². The minimum atomic E-state index is -0.671. The van der Waals surface area contributed by atoms with Gasteiger partial charge in [0.25, 0.3) is 0 Å². The van der Waals surface area contributed by atoms with Gasteiger partial charge in [-0.2, -0.15) is 16.4 Å². The fourth-order valence-corrected chi connectivity index (χ4v) is 5.50. The number of dihydropyridines is 1. The maximum atomic E-state index is 10.9. The number of allylic oxidation sites excluding steroid dienone is 2. The summed E-state index contributed by atoms with van der Waals surface area (Å²) in [7, 11) is 0. The molecule has 170 valence electrons. The highest BCUT2D eigenvalue weighted by Gasteiger charge is 2.24. The molecule has 1 aliphatic carbocycles. The Labute approximate surface area is 197 Å². The van der Waals surface area contributed by atoms with Gasteiger partial charge in [-0.25, -0.2) is 4.98 Å². The summed E-state index contributed by atoms with van der Waals surface area (Å²) in [5.41, 5.74) is 5.95. The van der Waals surface area contributed by atoms with E-state index < -0.39 is 5.97 Å². The number of thiophene rings is 1. The van der Waals surface area contributed by atoms with Crippen LogP contribution in [-0.4, -0.2) is 32.8 Å². The van der Waals surface area contributed by atoms with E-state index >= 15 is 0 Å². The van der Waals surface area contributed by atoms with E-state index in [1.54, 1.807) is 11.3 Å². The van der Waals surface area contributed by atoms with E-state index in [4.69, 9.17) is 5.11 Å². The highest BCUT2D eigenvalue weighted by Crippen LogP contribution is 2.37. The quantitative estimate of drug-likeness (QED) is 0.449. The van der Waals surface area contributed by atoms with Gasteiger partial charge in [0.05, 0.1) is 0 Å². The summed E-state index contributed by atoms with van der Waals surface area (Å²) in [4.78, 5) is 15.6. The van der Waals surface area contributed by atoms with Crippen molar-refractivity contribution < 1.29 is 9.90 Å². The van der Waals surface area contributed by atoms with Crippen LogP contribution in [0.1, 0.15) is 66.4 Å². The van der Waals surface area contributed by atoms with Gasteiger partial charge >= 0.3 is 5.97 Å². The number of aromatic amines is 1. The van der Waals surface area contributed by atoms with Crippen LogP contribution in [0, 0.1) is 5.92 Å². The average Bonchev–Trinajstić information content (AvgIpc) is 3.52. The second-order valence-corrected chi connectivity index (χ2v) is 9.76. The molecule has 0 bridgehead atoms. The van der Waals surface area contributed by atoms with E-state index in [0.717, 1.165) is 55.0 Å². The maximum Gasteiger partial charge on any atom is 0.303 e. The Balaban J connectivity index is 1.20. The van der Waals surface area contributed by atoms with E-state index in [1.165, 1.54) is 16.7 Å². The molecule has 2 aromatic heterocycles. The number of nitrogens with zero attached hydrogens (tertiary/aromatic N) is 2. The van der Waals surface area contributed by atoms with E-state index in [1.807, 2.05) is 0 Å². The highest BCUT2D eigenvalue weighted by atomic mass is 32.1. The summed E-state index contributed by atoms with van der Waals surface area (Å²) in [5, 5.41) is 24.2. The fraction of sp³-hybridized carbons (Fsp3) is 0.346. The first-order valence-electron chi connectivity index (χ1n) is 11.5. The third-order valence-electron chi connectivity index (χ3n) is 6.69. The molecule has 33 heavy (non-hydrogen) atoms. The number of benzene rings is 1. The van der Waals surface area contributed by atoms with Crippen LogP contribution in [-0.2, 0) is 11.2 Å². The third kappa shape index (κ3) is 5.25. The van der Waals surface area contributed by atoms with Crippen LogP contribution in [0.15, 0.2) is 53.2 Å². The Bertz CT molecular complexity index is 1150. The molecule has 6 nitrogen and oxygen atoms in total. The largest absolute Gasteiger partial charge is 0.481 e. The molecule has 5 rings (SSSR count). The molecule has 1 saturated carbocycles. The number of hydrogen-bond acceptors (Lipinski definition) is 5. The lowest BCUT2D eigenvalue weighted by Gasteiger charge is -2.28. The van der Waals surface area contributed by atoms with Gasteiger partial charge in [0.15, 0.2) is 5.82 Å². The van der Waals surface area contributed by atoms with Gasteiger partial charge in [-0.15, -0.1) is 0 Å². The number of aromatic nitrogens is 3. The minimum Gasteiger partial charge on any atom is -0.481 e. The van der Waals surface area contributed by atoms with Crippen molar-refractivity contribution in [2.24, 2.45) is 5.92 Å². The number of H-pyrrole nitrogens is 1. The number of carboxylic acids is 1. The molecule has 0 atom stereocenters. The number of hydrogen-bond donors (Lipinski definition) is 3. The number of carbonyl (C=O) groups is 1. The summed E-state index contributed by atoms with van der Waals surface area (Å²) < 4.78 is 0. The normalized spacial score (nSPS) is 20.6. The van der Waals surface area contributed by atoms with Crippen molar-refractivity contribution in [1.29, 1.82) is 0 Å². The molecule has 0 unspecified atom stereocenters. The van der Waals surface area contributed by atoms with Crippen LogP contribution in [0.3, 0.4) is 0 Å². The van der Waals surface area contributed by atoms with Gasteiger partial charge in [-0.05, 0) is 77.1 Å². The van der Waals surface area contributed by atoms with Crippen molar-refractivity contribution in [3.05, 3.63) is 81.6 Å². The summed E-state index contributed by atoms with van der Waals surface area (Å²) >= 11 is 1.69. The Hall–Kier alpha value is -3.19. The summed E-state index contributed by atoms with van der Waals surface area (Å²) in [5.74, 6) is 1.84. The standard InChI is InChI=1S/C26H28N4O2S/c31-25(32)14-17-1-3-19(4-2-17)20-5-7-21(8-6-20)23-10-9-22(15-27-23)26-28-24(29-30-26)13-18-11-12-33-16-18/h5-12,16-17,19,27H,1-4,13-15H2,(H,31,32)(H,28,29,30). The predicted molar refractivity (Wildman–Crippen MR) is 131 cm³/mol.